The summed E-state index contributed by atoms with van der Waals surface area (Å²) in [6, 6.07) is 14.5. The molecule has 0 spiro atoms. The Hall–Kier alpha value is -3.87. The monoisotopic (exact) mass is 403 g/mol. The zero-order valence-electron chi connectivity index (χ0n) is 16.9. The highest BCUT2D eigenvalue weighted by Crippen LogP contribution is 2.22. The number of aromatic nitrogens is 2. The molecule has 2 heterocycles. The maximum Gasteiger partial charge on any atom is 0.255 e. The molecule has 0 saturated heterocycles. The summed E-state index contributed by atoms with van der Waals surface area (Å²) in [6.45, 7) is 5.84. The fourth-order valence-corrected chi connectivity index (χ4v) is 3.01. The van der Waals surface area contributed by atoms with Gasteiger partial charge in [0.2, 0.25) is 0 Å². The number of oxazole rings is 1. The molecular formula is C23H21N3O4. The van der Waals surface area contributed by atoms with E-state index in [0.29, 0.717) is 29.5 Å². The number of aryl methyl sites for hydroxylation is 3. The van der Waals surface area contributed by atoms with Crippen LogP contribution in [0.25, 0.3) is 11.3 Å². The average molecular weight is 403 g/mol. The molecule has 0 atom stereocenters. The van der Waals surface area contributed by atoms with E-state index in [1.807, 2.05) is 44.2 Å². The third kappa shape index (κ3) is 4.25. The lowest BCUT2D eigenvalue weighted by molar-refractivity contribution is 0.102. The molecule has 0 radical (unpaired) electrons. The molecule has 0 fully saturated rings. The predicted molar refractivity (Wildman–Crippen MR) is 111 cm³/mol. The molecule has 152 valence electrons. The number of carbonyl (C=O) groups is 1. The Morgan fingerprint density at radius 2 is 1.90 bits per heavy atom. The maximum atomic E-state index is 12.6. The molecule has 0 bridgehead atoms. The number of ether oxygens (including phenoxy) is 1. The van der Waals surface area contributed by atoms with E-state index in [4.69, 9.17) is 13.7 Å². The molecular weight excluding hydrogens is 382 g/mol. The van der Waals surface area contributed by atoms with Crippen molar-refractivity contribution in [1.82, 2.24) is 10.1 Å². The number of hydrogen-bond donors (Lipinski definition) is 1. The third-order valence-corrected chi connectivity index (χ3v) is 4.72. The van der Waals surface area contributed by atoms with Gasteiger partial charge in [-0.25, -0.2) is 4.98 Å². The zero-order chi connectivity index (χ0) is 21.1. The molecule has 7 nitrogen and oxygen atoms in total. The molecule has 1 amide bonds. The van der Waals surface area contributed by atoms with Crippen LogP contribution in [0.3, 0.4) is 0 Å². The second kappa shape index (κ2) is 8.24. The minimum absolute atomic E-state index is 0.220. The zero-order valence-corrected chi connectivity index (χ0v) is 16.9. The first-order valence-corrected chi connectivity index (χ1v) is 9.48. The van der Waals surface area contributed by atoms with E-state index < -0.39 is 0 Å². The number of rotatable bonds is 6. The summed E-state index contributed by atoms with van der Waals surface area (Å²) in [6.07, 6.45) is 1.61. The van der Waals surface area contributed by atoms with Crippen molar-refractivity contribution >= 4 is 11.6 Å². The van der Waals surface area contributed by atoms with E-state index in [9.17, 15) is 4.79 Å². The molecule has 4 aromatic rings. The fraction of sp³-hybridized carbons (Fsp3) is 0.174. The van der Waals surface area contributed by atoms with Crippen LogP contribution < -0.4 is 10.1 Å². The van der Waals surface area contributed by atoms with E-state index in [2.05, 4.69) is 15.5 Å². The number of anilines is 1. The Labute approximate surface area is 173 Å². The molecule has 2 aromatic heterocycles. The summed E-state index contributed by atoms with van der Waals surface area (Å²) in [7, 11) is 0. The van der Waals surface area contributed by atoms with Gasteiger partial charge >= 0.3 is 0 Å². The smallest absolute Gasteiger partial charge is 0.255 e. The molecule has 1 N–H and O–H groups in total. The van der Waals surface area contributed by atoms with E-state index in [1.165, 1.54) is 0 Å². The van der Waals surface area contributed by atoms with Gasteiger partial charge in [0, 0.05) is 23.7 Å². The van der Waals surface area contributed by atoms with Crippen molar-refractivity contribution in [1.29, 1.82) is 0 Å². The lowest BCUT2D eigenvalue weighted by atomic mass is 10.1. The van der Waals surface area contributed by atoms with Gasteiger partial charge in [0.15, 0.2) is 5.89 Å². The maximum absolute atomic E-state index is 12.6. The van der Waals surface area contributed by atoms with Crippen molar-refractivity contribution in [2.75, 3.05) is 5.32 Å². The first-order valence-electron chi connectivity index (χ1n) is 9.48. The predicted octanol–water partition coefficient (Wildman–Crippen LogP) is 5.09. The highest BCUT2D eigenvalue weighted by atomic mass is 16.5. The molecule has 0 unspecified atom stereocenters. The van der Waals surface area contributed by atoms with E-state index in [1.54, 1.807) is 31.4 Å². The number of nitrogens with one attached hydrogen (secondary N) is 1. The van der Waals surface area contributed by atoms with Crippen LogP contribution in [0.5, 0.6) is 5.75 Å². The van der Waals surface area contributed by atoms with Gasteiger partial charge in [-0.3, -0.25) is 4.79 Å². The SMILES string of the molecule is Cc1nc(-c2ccc(NC(=O)c3cccc(OCc4c(C)noc4C)c3)cc2)co1. The van der Waals surface area contributed by atoms with Gasteiger partial charge in [0.1, 0.15) is 30.1 Å². The van der Waals surface area contributed by atoms with Crippen LogP contribution in [0.1, 0.15) is 33.3 Å². The van der Waals surface area contributed by atoms with Crippen LogP contribution in [0.2, 0.25) is 0 Å². The summed E-state index contributed by atoms with van der Waals surface area (Å²) in [5, 5.41) is 6.81. The minimum atomic E-state index is -0.220. The summed E-state index contributed by atoms with van der Waals surface area (Å²) in [5.74, 6) is 1.71. The van der Waals surface area contributed by atoms with E-state index in [-0.39, 0.29) is 5.91 Å². The lowest BCUT2D eigenvalue weighted by Gasteiger charge is -2.09. The second-order valence-corrected chi connectivity index (χ2v) is 6.90. The second-order valence-electron chi connectivity index (χ2n) is 6.90. The van der Waals surface area contributed by atoms with Gasteiger partial charge in [0.05, 0.1) is 11.3 Å². The van der Waals surface area contributed by atoms with Crippen LogP contribution in [-0.2, 0) is 6.61 Å². The number of benzene rings is 2. The molecule has 0 aliphatic heterocycles. The van der Waals surface area contributed by atoms with Crippen molar-refractivity contribution in [2.24, 2.45) is 0 Å². The quantitative estimate of drug-likeness (QED) is 0.482. The van der Waals surface area contributed by atoms with Crippen LogP contribution in [0.4, 0.5) is 5.69 Å². The highest BCUT2D eigenvalue weighted by molar-refractivity contribution is 6.04. The third-order valence-electron chi connectivity index (χ3n) is 4.72. The average Bonchev–Trinajstić information content (AvgIpc) is 3.32. The Morgan fingerprint density at radius 1 is 1.10 bits per heavy atom. The normalized spacial score (nSPS) is 10.8. The van der Waals surface area contributed by atoms with Crippen LogP contribution in [0.15, 0.2) is 63.7 Å². The molecule has 2 aromatic carbocycles. The van der Waals surface area contributed by atoms with Crippen molar-refractivity contribution < 1.29 is 18.5 Å². The molecule has 0 aliphatic carbocycles. The molecule has 7 heteroatoms. The molecule has 0 aliphatic rings. The van der Waals surface area contributed by atoms with Crippen LogP contribution >= 0.6 is 0 Å². The summed E-state index contributed by atoms with van der Waals surface area (Å²) >= 11 is 0. The van der Waals surface area contributed by atoms with Gasteiger partial charge < -0.3 is 19.0 Å². The van der Waals surface area contributed by atoms with Gasteiger partial charge in [0.25, 0.3) is 5.91 Å². The summed E-state index contributed by atoms with van der Waals surface area (Å²) in [5.41, 5.74) is 4.57. The molecule has 0 saturated carbocycles. The Bertz CT molecular complexity index is 1160. The fourth-order valence-electron chi connectivity index (χ4n) is 3.01. The van der Waals surface area contributed by atoms with Crippen LogP contribution in [-0.4, -0.2) is 16.0 Å². The number of carbonyl (C=O) groups excluding carboxylic acids is 1. The first kappa shape index (κ1) is 19.4. The summed E-state index contributed by atoms with van der Waals surface area (Å²) < 4.78 is 16.2. The largest absolute Gasteiger partial charge is 0.489 e. The van der Waals surface area contributed by atoms with Crippen LogP contribution in [0, 0.1) is 20.8 Å². The first-order chi connectivity index (χ1) is 14.5. The standard InChI is InChI=1S/C23H21N3O4/c1-14-21(15(2)30-26-14)12-29-20-6-4-5-18(11-20)23(27)25-19-9-7-17(8-10-19)22-13-28-16(3)24-22/h4-11,13H,12H2,1-3H3,(H,25,27). The summed E-state index contributed by atoms with van der Waals surface area (Å²) in [4.78, 5) is 16.9. The lowest BCUT2D eigenvalue weighted by Crippen LogP contribution is -2.12. The van der Waals surface area contributed by atoms with E-state index in [0.717, 1.165) is 28.3 Å². The number of amides is 1. The van der Waals surface area contributed by atoms with Gasteiger partial charge in [-0.15, -0.1) is 0 Å². The van der Waals surface area contributed by atoms with Crippen molar-refractivity contribution in [2.45, 2.75) is 27.4 Å². The Balaban J connectivity index is 1.41. The van der Waals surface area contributed by atoms with E-state index >= 15 is 0 Å². The Kier molecular flexibility index (Phi) is 5.34. The van der Waals surface area contributed by atoms with Gasteiger partial charge in [-0.05, 0) is 44.2 Å². The minimum Gasteiger partial charge on any atom is -0.489 e. The highest BCUT2D eigenvalue weighted by Gasteiger charge is 2.12. The van der Waals surface area contributed by atoms with Crippen molar-refractivity contribution in [3.05, 3.63) is 83.3 Å². The topological polar surface area (TPSA) is 90.4 Å². The molecule has 30 heavy (non-hydrogen) atoms. The van der Waals surface area contributed by atoms with Crippen molar-refractivity contribution in [3.8, 4) is 17.0 Å². The number of hydrogen-bond acceptors (Lipinski definition) is 6. The Morgan fingerprint density at radius 3 is 2.57 bits per heavy atom. The number of nitrogens with zero attached hydrogens (tertiary/aromatic N) is 2. The van der Waals surface area contributed by atoms with Gasteiger partial charge in [-0.2, -0.15) is 0 Å². The molecule has 4 rings (SSSR count). The van der Waals surface area contributed by atoms with Crippen molar-refractivity contribution in [3.63, 3.8) is 0 Å². The van der Waals surface area contributed by atoms with Gasteiger partial charge in [-0.1, -0.05) is 23.4 Å².